The van der Waals surface area contributed by atoms with E-state index >= 15 is 0 Å². The molecule has 1 aromatic rings. The van der Waals surface area contributed by atoms with Crippen LogP contribution in [0.25, 0.3) is 0 Å². The lowest BCUT2D eigenvalue weighted by Gasteiger charge is -2.50. The zero-order chi connectivity index (χ0) is 22.4. The summed E-state index contributed by atoms with van der Waals surface area (Å²) in [7, 11) is 1.72. The number of ether oxygens (including phenoxy) is 2. The molecular weight excluding hydrogens is 459 g/mol. The molecule has 1 amide bonds. The largest absolute Gasteiger partial charge is 0.465 e. The molecule has 1 fully saturated rings. The number of hydrogen-bond donors (Lipinski definition) is 2. The van der Waals surface area contributed by atoms with Gasteiger partial charge in [-0.3, -0.25) is 4.79 Å². The van der Waals surface area contributed by atoms with Crippen molar-refractivity contribution in [3.63, 3.8) is 0 Å². The van der Waals surface area contributed by atoms with Gasteiger partial charge in [-0.1, -0.05) is 11.6 Å². The molecular formula is C18H19ClF3N5O3S. The van der Waals surface area contributed by atoms with Crippen LogP contribution in [0.3, 0.4) is 0 Å². The van der Waals surface area contributed by atoms with Crippen LogP contribution in [0.1, 0.15) is 16.9 Å². The van der Waals surface area contributed by atoms with E-state index in [1.54, 1.807) is 23.4 Å². The minimum absolute atomic E-state index is 0.00651. The summed E-state index contributed by atoms with van der Waals surface area (Å²) >= 11 is 7.12. The van der Waals surface area contributed by atoms with Gasteiger partial charge in [0.2, 0.25) is 0 Å². The molecule has 0 aliphatic carbocycles. The van der Waals surface area contributed by atoms with Crippen LogP contribution < -0.4 is 11.1 Å². The highest BCUT2D eigenvalue weighted by atomic mass is 35.5. The molecule has 1 unspecified atom stereocenters. The second-order valence-electron chi connectivity index (χ2n) is 7.44. The van der Waals surface area contributed by atoms with E-state index in [9.17, 15) is 18.0 Å². The average Bonchev–Trinajstić information content (AvgIpc) is 3.08. The maximum Gasteiger partial charge on any atom is 0.414 e. The maximum absolute atomic E-state index is 13.2. The summed E-state index contributed by atoms with van der Waals surface area (Å²) in [5.74, 6) is -0.554. The number of thioether (sulfide) groups is 1. The number of nitrogens with zero attached hydrogens (tertiary/aromatic N) is 3. The molecule has 168 valence electrons. The number of amides is 1. The van der Waals surface area contributed by atoms with Crippen molar-refractivity contribution in [1.82, 2.24) is 15.2 Å². The number of carbonyl (C=O) groups excluding carboxylic acids is 1. The fourth-order valence-corrected chi connectivity index (χ4v) is 5.33. The molecule has 0 aromatic carbocycles. The van der Waals surface area contributed by atoms with Crippen LogP contribution in [0, 0.1) is 5.92 Å². The van der Waals surface area contributed by atoms with Crippen molar-refractivity contribution in [1.29, 1.82) is 0 Å². The minimum Gasteiger partial charge on any atom is -0.465 e. The number of pyridine rings is 1. The number of amidine groups is 1. The molecule has 3 aliphatic rings. The number of nitrogens with one attached hydrogen (secondary N) is 1. The van der Waals surface area contributed by atoms with Crippen LogP contribution in [0.4, 0.5) is 13.2 Å². The third-order valence-electron chi connectivity index (χ3n) is 5.51. The predicted octanol–water partition coefficient (Wildman–Crippen LogP) is 2.32. The number of aromatic nitrogens is 1. The summed E-state index contributed by atoms with van der Waals surface area (Å²) in [4.78, 5) is 22.6. The van der Waals surface area contributed by atoms with Gasteiger partial charge in [0.25, 0.3) is 11.9 Å². The second kappa shape index (κ2) is 8.06. The van der Waals surface area contributed by atoms with Gasteiger partial charge >= 0.3 is 6.18 Å². The summed E-state index contributed by atoms with van der Waals surface area (Å²) < 4.78 is 50.2. The first kappa shape index (κ1) is 22.0. The molecule has 3 N–H and O–H groups in total. The Balaban J connectivity index is 1.53. The van der Waals surface area contributed by atoms with E-state index in [-0.39, 0.29) is 31.4 Å². The summed E-state index contributed by atoms with van der Waals surface area (Å²) in [5, 5.41) is 4.42. The van der Waals surface area contributed by atoms with Crippen LogP contribution in [-0.2, 0) is 9.47 Å². The number of rotatable bonds is 3. The summed E-state index contributed by atoms with van der Waals surface area (Å²) in [5.41, 5.74) is 4.89. The smallest absolute Gasteiger partial charge is 0.414 e. The third kappa shape index (κ3) is 4.15. The summed E-state index contributed by atoms with van der Waals surface area (Å²) in [6.07, 6.45) is -5.29. The highest BCUT2D eigenvalue weighted by Crippen LogP contribution is 2.48. The number of carbonyl (C=O) groups is 1. The van der Waals surface area contributed by atoms with E-state index in [1.807, 2.05) is 0 Å². The quantitative estimate of drug-likeness (QED) is 0.688. The van der Waals surface area contributed by atoms with E-state index in [1.165, 1.54) is 24.0 Å². The third-order valence-corrected chi connectivity index (χ3v) is 7.07. The fourth-order valence-electron chi connectivity index (χ4n) is 3.89. The van der Waals surface area contributed by atoms with Crippen molar-refractivity contribution in [2.75, 3.05) is 20.3 Å². The Bertz CT molecular complexity index is 929. The Kier molecular flexibility index (Phi) is 5.73. The summed E-state index contributed by atoms with van der Waals surface area (Å²) in [6.45, 7) is -0.270. The maximum atomic E-state index is 13.2. The Morgan fingerprint density at radius 3 is 2.90 bits per heavy atom. The number of alkyl halides is 3. The second-order valence-corrected chi connectivity index (χ2v) is 8.84. The summed E-state index contributed by atoms with van der Waals surface area (Å²) in [6, 6.07) is 2.94. The zero-order valence-electron chi connectivity index (χ0n) is 16.2. The Labute approximate surface area is 185 Å². The van der Waals surface area contributed by atoms with Gasteiger partial charge in [-0.25, -0.2) is 9.98 Å². The normalized spacial score (nSPS) is 30.7. The molecule has 8 nitrogen and oxygen atoms in total. The first-order valence-electron chi connectivity index (χ1n) is 9.28. The standard InChI is InChI=1S/C18H19ClF3N5O3S/c1-27-13(25-14(28)11-3-2-10(19)5-24-11)7-31-15(27)17-8-30-12(18(20,21)22)4-9(17)6-29-16(23)26-17/h2-3,5,7,9,12,15H,4,6,8H2,1H3,(H2,23,26)(H,25,28)/t9-,12+,15?,17-/m0/s1. The van der Waals surface area contributed by atoms with E-state index < -0.39 is 35.0 Å². The van der Waals surface area contributed by atoms with E-state index in [0.717, 1.165) is 0 Å². The van der Waals surface area contributed by atoms with Gasteiger partial charge in [-0.15, -0.1) is 11.8 Å². The lowest BCUT2D eigenvalue weighted by atomic mass is 9.78. The van der Waals surface area contributed by atoms with Gasteiger partial charge in [-0.05, 0) is 18.6 Å². The molecule has 4 rings (SSSR count). The molecule has 1 saturated heterocycles. The highest BCUT2D eigenvalue weighted by molar-refractivity contribution is 8.03. The van der Waals surface area contributed by atoms with E-state index in [2.05, 4.69) is 15.3 Å². The molecule has 0 radical (unpaired) electrons. The van der Waals surface area contributed by atoms with Gasteiger partial charge in [0.1, 0.15) is 22.4 Å². The molecule has 0 saturated carbocycles. The van der Waals surface area contributed by atoms with Crippen molar-refractivity contribution in [3.05, 3.63) is 40.3 Å². The first-order chi connectivity index (χ1) is 14.6. The minimum atomic E-state index is -4.48. The number of likely N-dealkylation sites (N-methyl/N-ethyl adjacent to an activating group) is 1. The molecule has 4 heterocycles. The number of aliphatic imine (C=N–C) groups is 1. The van der Waals surface area contributed by atoms with Crippen LogP contribution >= 0.6 is 23.4 Å². The monoisotopic (exact) mass is 477 g/mol. The van der Waals surface area contributed by atoms with E-state index in [4.69, 9.17) is 26.8 Å². The molecule has 31 heavy (non-hydrogen) atoms. The Hall–Kier alpha value is -2.18. The highest BCUT2D eigenvalue weighted by Gasteiger charge is 2.59. The number of fused-ring (bicyclic) bond motifs is 1. The predicted molar refractivity (Wildman–Crippen MR) is 108 cm³/mol. The molecule has 13 heteroatoms. The van der Waals surface area contributed by atoms with Gasteiger partial charge in [0, 0.05) is 24.6 Å². The molecule has 0 spiro atoms. The van der Waals surface area contributed by atoms with Gasteiger partial charge in [0.15, 0.2) is 6.10 Å². The zero-order valence-corrected chi connectivity index (χ0v) is 17.8. The van der Waals surface area contributed by atoms with E-state index in [0.29, 0.717) is 10.8 Å². The van der Waals surface area contributed by atoms with Crippen LogP contribution in [-0.4, -0.2) is 65.3 Å². The molecule has 1 aromatic heterocycles. The van der Waals surface area contributed by atoms with Crippen molar-refractivity contribution < 1.29 is 27.4 Å². The van der Waals surface area contributed by atoms with Crippen LogP contribution in [0.15, 0.2) is 34.6 Å². The van der Waals surface area contributed by atoms with Gasteiger partial charge in [-0.2, -0.15) is 13.2 Å². The number of halogens is 4. The lowest BCUT2D eigenvalue weighted by Crippen LogP contribution is -2.63. The lowest BCUT2D eigenvalue weighted by molar-refractivity contribution is -0.249. The average molecular weight is 478 g/mol. The SMILES string of the molecule is CN1C(NC(=O)c2ccc(Cl)cn2)=CSC1[C@]12CO[C@@H](C(F)(F)F)C[C@H]1COC(N)=N2. The van der Waals surface area contributed by atoms with Gasteiger partial charge < -0.3 is 25.4 Å². The molecule has 3 aliphatic heterocycles. The first-order valence-corrected chi connectivity index (χ1v) is 10.6. The number of hydrogen-bond acceptors (Lipinski definition) is 8. The topological polar surface area (TPSA) is 102 Å². The Morgan fingerprint density at radius 1 is 1.45 bits per heavy atom. The molecule has 0 bridgehead atoms. The number of nitrogens with two attached hydrogens (primary N) is 1. The van der Waals surface area contributed by atoms with Crippen molar-refractivity contribution in [2.45, 2.75) is 29.6 Å². The van der Waals surface area contributed by atoms with Crippen molar-refractivity contribution in [2.24, 2.45) is 16.6 Å². The Morgan fingerprint density at radius 2 is 2.23 bits per heavy atom. The van der Waals surface area contributed by atoms with Crippen molar-refractivity contribution >= 4 is 35.3 Å². The fraction of sp³-hybridized carbons (Fsp3) is 0.500. The van der Waals surface area contributed by atoms with Crippen LogP contribution in [0.2, 0.25) is 5.02 Å². The molecule has 4 atom stereocenters. The van der Waals surface area contributed by atoms with Gasteiger partial charge in [0.05, 0.1) is 18.2 Å². The van der Waals surface area contributed by atoms with Crippen molar-refractivity contribution in [3.8, 4) is 0 Å². The van der Waals surface area contributed by atoms with Crippen LogP contribution in [0.5, 0.6) is 0 Å².